The topological polar surface area (TPSA) is 134 Å². The van der Waals surface area contributed by atoms with Gasteiger partial charge in [0.15, 0.2) is 0 Å². The summed E-state index contributed by atoms with van der Waals surface area (Å²) in [5, 5.41) is 8.49. The van der Waals surface area contributed by atoms with E-state index in [-0.39, 0.29) is 16.5 Å². The highest BCUT2D eigenvalue weighted by Crippen LogP contribution is 2.09. The Hall–Kier alpha value is -3.41. The van der Waals surface area contributed by atoms with Gasteiger partial charge in [-0.15, -0.1) is 0 Å². The lowest BCUT2D eigenvalue weighted by Gasteiger charge is -2.07. The summed E-state index contributed by atoms with van der Waals surface area (Å²) in [6.07, 6.45) is -0.495. The summed E-state index contributed by atoms with van der Waals surface area (Å²) >= 11 is 0. The van der Waals surface area contributed by atoms with Gasteiger partial charge in [-0.3, -0.25) is 15.0 Å². The van der Waals surface area contributed by atoms with Crippen LogP contribution in [0.15, 0.2) is 27.8 Å². The summed E-state index contributed by atoms with van der Waals surface area (Å²) in [4.78, 5) is 49.1. The number of esters is 1. The molecule has 0 bridgehead atoms. The van der Waals surface area contributed by atoms with Crippen LogP contribution in [0.3, 0.4) is 0 Å². The van der Waals surface area contributed by atoms with Crippen molar-refractivity contribution in [2.24, 2.45) is 0 Å². The predicted octanol–water partition coefficient (Wildman–Crippen LogP) is -0.540. The number of amides is 1. The molecule has 0 radical (unpaired) electrons. The van der Waals surface area contributed by atoms with E-state index < -0.39 is 29.5 Å². The predicted molar refractivity (Wildman–Crippen MR) is 74.8 cm³/mol. The van der Waals surface area contributed by atoms with Crippen molar-refractivity contribution in [2.45, 2.75) is 6.42 Å². The fourth-order valence-corrected chi connectivity index (χ4v) is 1.80. The van der Waals surface area contributed by atoms with E-state index in [9.17, 15) is 19.2 Å². The maximum absolute atomic E-state index is 12.2. The molecule has 1 amide bonds. The number of nitrogens with zero attached hydrogens (tertiary/aromatic N) is 2. The van der Waals surface area contributed by atoms with Crippen molar-refractivity contribution >= 4 is 22.8 Å². The van der Waals surface area contributed by atoms with Crippen molar-refractivity contribution in [2.75, 3.05) is 12.5 Å². The first-order valence-corrected chi connectivity index (χ1v) is 6.02. The lowest BCUT2D eigenvalue weighted by Crippen LogP contribution is -2.43. The summed E-state index contributed by atoms with van der Waals surface area (Å²) in [6, 6.07) is 5.58. The fourth-order valence-electron chi connectivity index (χ4n) is 1.80. The standard InChI is InChI=1S/C13H10N4O5/c1-22-12(20)7-2-3-8-9(6-7)15-13(21)17(11(8)19)16-10(18)4-5-14/h2-3,6H,4H2,1H3,(H,15,21)(H,16,18). The number of H-pyrrole nitrogens is 1. The van der Waals surface area contributed by atoms with E-state index in [1.54, 1.807) is 6.07 Å². The van der Waals surface area contributed by atoms with Crippen LogP contribution in [-0.2, 0) is 9.53 Å². The van der Waals surface area contributed by atoms with E-state index in [2.05, 4.69) is 9.72 Å². The number of fused-ring (bicyclic) bond motifs is 1. The van der Waals surface area contributed by atoms with Crippen LogP contribution in [0.4, 0.5) is 0 Å². The number of rotatable bonds is 3. The molecule has 112 valence electrons. The van der Waals surface area contributed by atoms with Gasteiger partial charge in [0.2, 0.25) is 0 Å². The van der Waals surface area contributed by atoms with Gasteiger partial charge in [0, 0.05) is 0 Å². The third kappa shape index (κ3) is 2.71. The largest absolute Gasteiger partial charge is 0.465 e. The van der Waals surface area contributed by atoms with Crippen LogP contribution in [0.5, 0.6) is 0 Å². The maximum atomic E-state index is 12.2. The number of aromatic nitrogens is 2. The number of hydrogen-bond acceptors (Lipinski definition) is 6. The van der Waals surface area contributed by atoms with Crippen LogP contribution in [-0.4, -0.2) is 28.6 Å². The summed E-state index contributed by atoms with van der Waals surface area (Å²) in [6.45, 7) is 0. The molecule has 2 N–H and O–H groups in total. The molecule has 1 heterocycles. The Bertz CT molecular complexity index is 919. The molecule has 0 fully saturated rings. The van der Waals surface area contributed by atoms with E-state index in [1.165, 1.54) is 25.3 Å². The highest BCUT2D eigenvalue weighted by molar-refractivity contribution is 5.94. The van der Waals surface area contributed by atoms with Crippen LogP contribution in [0.1, 0.15) is 16.8 Å². The van der Waals surface area contributed by atoms with Crippen molar-refractivity contribution < 1.29 is 14.3 Å². The molecule has 2 aromatic rings. The average Bonchev–Trinajstić information content (AvgIpc) is 2.50. The second kappa shape index (κ2) is 5.92. The van der Waals surface area contributed by atoms with Crippen LogP contribution in [0.25, 0.3) is 10.9 Å². The van der Waals surface area contributed by atoms with E-state index in [0.29, 0.717) is 4.68 Å². The van der Waals surface area contributed by atoms with E-state index >= 15 is 0 Å². The Morgan fingerprint density at radius 3 is 2.77 bits per heavy atom. The number of benzene rings is 1. The highest BCUT2D eigenvalue weighted by atomic mass is 16.5. The van der Waals surface area contributed by atoms with Crippen molar-refractivity contribution in [3.05, 3.63) is 44.6 Å². The molecule has 0 atom stereocenters. The van der Waals surface area contributed by atoms with Crippen molar-refractivity contribution in [3.63, 3.8) is 0 Å². The Balaban J connectivity index is 2.58. The van der Waals surface area contributed by atoms with Crippen LogP contribution in [0, 0.1) is 11.3 Å². The number of methoxy groups -OCH3 is 1. The molecular formula is C13H10N4O5. The monoisotopic (exact) mass is 302 g/mol. The van der Waals surface area contributed by atoms with E-state index in [1.807, 2.05) is 5.43 Å². The van der Waals surface area contributed by atoms with Crippen LogP contribution >= 0.6 is 0 Å². The lowest BCUT2D eigenvalue weighted by atomic mass is 10.1. The molecular weight excluding hydrogens is 292 g/mol. The van der Waals surface area contributed by atoms with Crippen LogP contribution < -0.4 is 16.7 Å². The minimum absolute atomic E-state index is 0.0875. The third-order valence-corrected chi connectivity index (χ3v) is 2.79. The van der Waals surface area contributed by atoms with Gasteiger partial charge in [-0.2, -0.15) is 9.94 Å². The average molecular weight is 302 g/mol. The van der Waals surface area contributed by atoms with Gasteiger partial charge in [0.25, 0.3) is 11.5 Å². The maximum Gasteiger partial charge on any atom is 0.348 e. The van der Waals surface area contributed by atoms with Gasteiger partial charge in [-0.25, -0.2) is 9.59 Å². The molecule has 0 aliphatic carbocycles. The molecule has 9 heteroatoms. The smallest absolute Gasteiger partial charge is 0.348 e. The number of carbonyl (C=O) groups is 2. The molecule has 1 aromatic carbocycles. The molecule has 0 saturated carbocycles. The lowest BCUT2D eigenvalue weighted by molar-refractivity contribution is -0.116. The fraction of sp³-hybridized carbons (Fsp3) is 0.154. The van der Waals surface area contributed by atoms with E-state index in [0.717, 1.165) is 0 Å². The molecule has 0 spiro atoms. The zero-order valence-corrected chi connectivity index (χ0v) is 11.4. The Labute approximate surface area is 122 Å². The molecule has 0 aliphatic heterocycles. The second-order valence-corrected chi connectivity index (χ2v) is 4.19. The molecule has 2 rings (SSSR count). The second-order valence-electron chi connectivity index (χ2n) is 4.19. The first-order valence-electron chi connectivity index (χ1n) is 6.02. The summed E-state index contributed by atoms with van der Waals surface area (Å²) in [5.74, 6) is -1.41. The van der Waals surface area contributed by atoms with Gasteiger partial charge in [-0.05, 0) is 18.2 Å². The summed E-state index contributed by atoms with van der Waals surface area (Å²) in [5.41, 5.74) is 0.645. The molecule has 0 aliphatic rings. The first kappa shape index (κ1) is 15.0. The minimum Gasteiger partial charge on any atom is -0.465 e. The van der Waals surface area contributed by atoms with Crippen molar-refractivity contribution in [3.8, 4) is 6.07 Å². The van der Waals surface area contributed by atoms with Crippen molar-refractivity contribution in [1.82, 2.24) is 9.66 Å². The Kier molecular flexibility index (Phi) is 4.04. The molecule has 9 nitrogen and oxygen atoms in total. The molecule has 22 heavy (non-hydrogen) atoms. The number of nitrogens with one attached hydrogen (secondary N) is 2. The SMILES string of the molecule is COC(=O)c1ccc2c(=O)n(NC(=O)CC#N)c(=O)[nH]c2c1. The number of aromatic amines is 1. The van der Waals surface area contributed by atoms with Crippen molar-refractivity contribution in [1.29, 1.82) is 5.26 Å². The van der Waals surface area contributed by atoms with Gasteiger partial charge >= 0.3 is 11.7 Å². The number of carbonyl (C=O) groups excluding carboxylic acids is 2. The number of hydrogen-bond donors (Lipinski definition) is 2. The normalized spacial score (nSPS) is 10.0. The molecule has 0 unspecified atom stereocenters. The van der Waals surface area contributed by atoms with Gasteiger partial charge in [-0.1, -0.05) is 0 Å². The summed E-state index contributed by atoms with van der Waals surface area (Å²) < 4.78 is 5.02. The Morgan fingerprint density at radius 2 is 2.14 bits per heavy atom. The first-order chi connectivity index (χ1) is 10.5. The zero-order chi connectivity index (χ0) is 16.3. The Morgan fingerprint density at radius 1 is 1.41 bits per heavy atom. The number of ether oxygens (including phenoxy) is 1. The molecule has 0 saturated heterocycles. The van der Waals surface area contributed by atoms with Gasteiger partial charge in [0.05, 0.1) is 29.6 Å². The van der Waals surface area contributed by atoms with Crippen LogP contribution in [0.2, 0.25) is 0 Å². The zero-order valence-electron chi connectivity index (χ0n) is 11.4. The number of nitriles is 1. The summed E-state index contributed by atoms with van der Waals surface area (Å²) in [7, 11) is 1.21. The van der Waals surface area contributed by atoms with Gasteiger partial charge in [0.1, 0.15) is 6.42 Å². The van der Waals surface area contributed by atoms with Gasteiger partial charge < -0.3 is 9.72 Å². The highest BCUT2D eigenvalue weighted by Gasteiger charge is 2.12. The minimum atomic E-state index is -0.897. The van der Waals surface area contributed by atoms with E-state index in [4.69, 9.17) is 5.26 Å². The third-order valence-electron chi connectivity index (χ3n) is 2.79. The molecule has 1 aromatic heterocycles. The quantitative estimate of drug-likeness (QED) is 0.731.